The van der Waals surface area contributed by atoms with Gasteiger partial charge in [0, 0.05) is 9.50 Å². The highest BCUT2D eigenvalue weighted by atomic mass is 79.9. The molecule has 0 heterocycles. The van der Waals surface area contributed by atoms with Crippen LogP contribution in [0.25, 0.3) is 6.08 Å². The first-order chi connectivity index (χ1) is 12.8. The Morgan fingerprint density at radius 3 is 2.33 bits per heavy atom. The smallest absolute Gasteiger partial charge is 0.268 e. The zero-order valence-electron chi connectivity index (χ0n) is 14.2. The molecule has 0 bridgehead atoms. The largest absolute Gasteiger partial charge is 0.548 e. The summed E-state index contributed by atoms with van der Waals surface area (Å²) in [5.74, 6) is -2.73. The summed E-state index contributed by atoms with van der Waals surface area (Å²) in [5, 5.41) is 16.2. The predicted octanol–water partition coefficient (Wildman–Crippen LogP) is 2.13. The van der Waals surface area contributed by atoms with E-state index < -0.39 is 23.8 Å². The molecule has 0 fully saturated rings. The summed E-state index contributed by atoms with van der Waals surface area (Å²) in [4.78, 5) is 35.9. The van der Waals surface area contributed by atoms with Crippen LogP contribution in [0.5, 0.6) is 0 Å². The second kappa shape index (κ2) is 9.34. The van der Waals surface area contributed by atoms with Gasteiger partial charge in [0.2, 0.25) is 0 Å². The minimum atomic E-state index is -1.44. The number of nitrogens with one attached hydrogen (secondary N) is 2. The van der Waals surface area contributed by atoms with Crippen molar-refractivity contribution in [3.8, 4) is 0 Å². The summed E-state index contributed by atoms with van der Waals surface area (Å²) in [6.45, 7) is 1.27. The Hall–Kier alpha value is -2.64. The van der Waals surface area contributed by atoms with Crippen molar-refractivity contribution in [1.82, 2.24) is 10.6 Å². The van der Waals surface area contributed by atoms with Crippen molar-refractivity contribution in [1.29, 1.82) is 0 Å². The van der Waals surface area contributed by atoms with E-state index in [0.29, 0.717) is 20.6 Å². The van der Waals surface area contributed by atoms with Gasteiger partial charge in [0.1, 0.15) is 5.70 Å². The normalized spacial score (nSPS) is 12.2. The van der Waals surface area contributed by atoms with Gasteiger partial charge >= 0.3 is 0 Å². The Bertz CT molecular complexity index is 897. The molecule has 2 amide bonds. The lowest BCUT2D eigenvalue weighted by Gasteiger charge is -2.17. The number of aliphatic carboxylic acids is 1. The van der Waals surface area contributed by atoms with Crippen molar-refractivity contribution in [3.05, 3.63) is 74.9 Å². The molecule has 2 N–H and O–H groups in total. The highest BCUT2D eigenvalue weighted by molar-refractivity contribution is 9.10. The molecular formula is C19H15BrClN2O4-. The minimum Gasteiger partial charge on any atom is -0.548 e. The van der Waals surface area contributed by atoms with Crippen molar-refractivity contribution >= 4 is 51.4 Å². The van der Waals surface area contributed by atoms with Crippen LogP contribution in [0.4, 0.5) is 0 Å². The van der Waals surface area contributed by atoms with E-state index in [2.05, 4.69) is 26.6 Å². The van der Waals surface area contributed by atoms with Crippen LogP contribution in [0, 0.1) is 0 Å². The molecule has 0 aliphatic heterocycles. The van der Waals surface area contributed by atoms with Gasteiger partial charge in [0.25, 0.3) is 11.8 Å². The van der Waals surface area contributed by atoms with E-state index in [1.807, 2.05) is 0 Å². The van der Waals surface area contributed by atoms with Crippen LogP contribution in [0.3, 0.4) is 0 Å². The Kier molecular flexibility index (Phi) is 7.15. The lowest BCUT2D eigenvalue weighted by Crippen LogP contribution is -2.48. The maximum atomic E-state index is 12.5. The van der Waals surface area contributed by atoms with Crippen molar-refractivity contribution in [2.45, 2.75) is 13.0 Å². The molecule has 0 saturated heterocycles. The molecule has 0 spiro atoms. The lowest BCUT2D eigenvalue weighted by atomic mass is 10.1. The first-order valence-corrected chi connectivity index (χ1v) is 9.00. The molecule has 0 saturated carbocycles. The molecule has 27 heavy (non-hydrogen) atoms. The van der Waals surface area contributed by atoms with Crippen molar-refractivity contribution < 1.29 is 19.5 Å². The fourth-order valence-corrected chi connectivity index (χ4v) is 2.64. The lowest BCUT2D eigenvalue weighted by molar-refractivity contribution is -0.307. The van der Waals surface area contributed by atoms with Gasteiger partial charge in [-0.1, -0.05) is 35.9 Å². The molecule has 0 radical (unpaired) electrons. The van der Waals surface area contributed by atoms with Crippen LogP contribution in [0.1, 0.15) is 22.8 Å². The minimum absolute atomic E-state index is 0.119. The highest BCUT2D eigenvalue weighted by Gasteiger charge is 2.18. The third kappa shape index (κ3) is 5.94. The first-order valence-electron chi connectivity index (χ1n) is 7.83. The van der Waals surface area contributed by atoms with Gasteiger partial charge in [-0.05, 0) is 58.8 Å². The molecule has 2 aromatic rings. The molecule has 140 valence electrons. The number of carboxylic acids is 1. The fourth-order valence-electron chi connectivity index (χ4n) is 2.05. The number of hydrogen-bond donors (Lipinski definition) is 2. The van der Waals surface area contributed by atoms with Gasteiger partial charge in [0.15, 0.2) is 0 Å². The number of hydrogen-bond acceptors (Lipinski definition) is 4. The van der Waals surface area contributed by atoms with E-state index in [-0.39, 0.29) is 5.70 Å². The monoisotopic (exact) mass is 449 g/mol. The molecule has 6 nitrogen and oxygen atoms in total. The number of amides is 2. The number of halogens is 2. The Labute approximate surface area is 169 Å². The number of rotatable bonds is 6. The van der Waals surface area contributed by atoms with Gasteiger partial charge < -0.3 is 20.5 Å². The SMILES string of the molecule is C[C@@H](NC(=O)/C(=C/c1ccc(Cl)cc1)NC(=O)c1ccccc1Br)C(=O)[O-]. The average Bonchev–Trinajstić information content (AvgIpc) is 2.63. The van der Waals surface area contributed by atoms with E-state index in [0.717, 1.165) is 0 Å². The third-order valence-corrected chi connectivity index (χ3v) is 4.44. The number of carboxylic acid groups (broad SMARTS) is 1. The Morgan fingerprint density at radius 2 is 1.74 bits per heavy atom. The summed E-state index contributed by atoms with van der Waals surface area (Å²) < 4.78 is 0.553. The van der Waals surface area contributed by atoms with Gasteiger partial charge in [0.05, 0.1) is 17.6 Å². The van der Waals surface area contributed by atoms with Crippen LogP contribution in [-0.4, -0.2) is 23.8 Å². The average molecular weight is 451 g/mol. The summed E-state index contributed by atoms with van der Waals surface area (Å²) in [7, 11) is 0. The maximum Gasteiger partial charge on any atom is 0.268 e. The van der Waals surface area contributed by atoms with Gasteiger partial charge in [-0.25, -0.2) is 0 Å². The van der Waals surface area contributed by atoms with E-state index >= 15 is 0 Å². The summed E-state index contributed by atoms with van der Waals surface area (Å²) >= 11 is 9.13. The van der Waals surface area contributed by atoms with Crippen molar-refractivity contribution in [3.63, 3.8) is 0 Å². The van der Waals surface area contributed by atoms with Gasteiger partial charge in [-0.3, -0.25) is 9.59 Å². The van der Waals surface area contributed by atoms with Crippen molar-refractivity contribution in [2.75, 3.05) is 0 Å². The standard InChI is InChI=1S/C19H16BrClN2O4/c1-11(19(26)27)22-18(25)16(10-12-6-8-13(21)9-7-12)23-17(24)14-4-2-3-5-15(14)20/h2-11H,1H3,(H,22,25)(H,23,24)(H,26,27)/p-1/b16-10-/t11-/m1/s1. The summed E-state index contributed by atoms with van der Waals surface area (Å²) in [6, 6.07) is 12.0. The molecule has 2 rings (SSSR count). The molecular weight excluding hydrogens is 436 g/mol. The highest BCUT2D eigenvalue weighted by Crippen LogP contribution is 2.17. The van der Waals surface area contributed by atoms with Crippen LogP contribution in [0.2, 0.25) is 5.02 Å². The maximum absolute atomic E-state index is 12.5. The first kappa shape index (κ1) is 20.7. The number of carbonyl (C=O) groups is 3. The van der Waals surface area contributed by atoms with E-state index in [1.165, 1.54) is 13.0 Å². The zero-order chi connectivity index (χ0) is 20.0. The molecule has 0 aliphatic rings. The van der Waals surface area contributed by atoms with E-state index in [4.69, 9.17) is 11.6 Å². The van der Waals surface area contributed by atoms with Crippen LogP contribution >= 0.6 is 27.5 Å². The molecule has 1 atom stereocenters. The second-order valence-electron chi connectivity index (χ2n) is 5.56. The molecule has 0 unspecified atom stereocenters. The topological polar surface area (TPSA) is 98.3 Å². The Balaban J connectivity index is 2.32. The summed E-state index contributed by atoms with van der Waals surface area (Å²) in [5.41, 5.74) is 0.796. The molecule has 8 heteroatoms. The molecule has 2 aromatic carbocycles. The zero-order valence-corrected chi connectivity index (χ0v) is 16.5. The van der Waals surface area contributed by atoms with Crippen LogP contribution < -0.4 is 15.7 Å². The third-order valence-electron chi connectivity index (χ3n) is 3.49. The fraction of sp³-hybridized carbons (Fsp3) is 0.105. The molecule has 0 aliphatic carbocycles. The van der Waals surface area contributed by atoms with E-state index in [9.17, 15) is 19.5 Å². The number of benzene rings is 2. The van der Waals surface area contributed by atoms with Crippen LogP contribution in [0.15, 0.2) is 58.7 Å². The number of carbonyl (C=O) groups excluding carboxylic acids is 3. The molecule has 0 aromatic heterocycles. The Morgan fingerprint density at radius 1 is 1.11 bits per heavy atom. The quantitative estimate of drug-likeness (QED) is 0.659. The van der Waals surface area contributed by atoms with E-state index in [1.54, 1.807) is 48.5 Å². The van der Waals surface area contributed by atoms with Gasteiger partial charge in [-0.15, -0.1) is 0 Å². The van der Waals surface area contributed by atoms with Crippen molar-refractivity contribution in [2.24, 2.45) is 0 Å². The second-order valence-corrected chi connectivity index (χ2v) is 6.85. The van der Waals surface area contributed by atoms with Gasteiger partial charge in [-0.2, -0.15) is 0 Å². The predicted molar refractivity (Wildman–Crippen MR) is 104 cm³/mol. The summed E-state index contributed by atoms with van der Waals surface area (Å²) in [6.07, 6.45) is 1.42. The van der Waals surface area contributed by atoms with Crippen LogP contribution in [-0.2, 0) is 9.59 Å².